The first kappa shape index (κ1) is 16.0. The van der Waals surface area contributed by atoms with E-state index in [0.717, 1.165) is 0 Å². The third-order valence-electron chi connectivity index (χ3n) is 4.36. The van der Waals surface area contributed by atoms with Gasteiger partial charge in [0.05, 0.1) is 5.41 Å². The van der Waals surface area contributed by atoms with E-state index < -0.39 is 21.4 Å². The number of hydrogen-bond donors (Lipinski definition) is 1. The lowest BCUT2D eigenvalue weighted by Gasteiger charge is -2.28. The molecule has 0 saturated carbocycles. The molecule has 1 aliphatic heterocycles. The molecule has 21 heavy (non-hydrogen) atoms. The Hall–Kier alpha value is -1.41. The highest BCUT2D eigenvalue weighted by atomic mass is 32.2. The van der Waals surface area contributed by atoms with Crippen molar-refractivity contribution in [1.82, 2.24) is 9.46 Å². The number of sulfonamides is 1. The smallest absolute Gasteiger partial charge is 0.311 e. The normalized spacial score (nSPS) is 23.9. The quantitative estimate of drug-likeness (QED) is 0.901. The topological polar surface area (TPSA) is 101 Å². The zero-order chi connectivity index (χ0) is 16.0. The van der Waals surface area contributed by atoms with E-state index in [9.17, 15) is 18.3 Å². The number of aliphatic carboxylic acids is 1. The maximum atomic E-state index is 12.7. The van der Waals surface area contributed by atoms with E-state index in [0.29, 0.717) is 12.1 Å². The lowest BCUT2D eigenvalue weighted by atomic mass is 9.77. The SMILES string of the molecule is Cc1noc(C)c1S(=O)(=O)N1CCC(C(=O)O)(C(C)C)C1. The molecule has 1 unspecified atom stereocenters. The van der Waals surface area contributed by atoms with Crippen molar-refractivity contribution in [1.29, 1.82) is 0 Å². The molecule has 0 radical (unpaired) electrons. The predicted octanol–water partition coefficient (Wildman–Crippen LogP) is 1.41. The van der Waals surface area contributed by atoms with Crippen LogP contribution in [0, 0.1) is 25.2 Å². The van der Waals surface area contributed by atoms with E-state index in [1.165, 1.54) is 11.2 Å². The van der Waals surface area contributed by atoms with Gasteiger partial charge in [-0.3, -0.25) is 4.79 Å². The largest absolute Gasteiger partial charge is 0.481 e. The molecule has 2 rings (SSSR count). The van der Waals surface area contributed by atoms with Gasteiger partial charge in [0.1, 0.15) is 10.6 Å². The van der Waals surface area contributed by atoms with Gasteiger partial charge in [-0.1, -0.05) is 19.0 Å². The Morgan fingerprint density at radius 3 is 2.43 bits per heavy atom. The summed E-state index contributed by atoms with van der Waals surface area (Å²) in [7, 11) is -3.78. The van der Waals surface area contributed by atoms with Crippen LogP contribution in [0.4, 0.5) is 0 Å². The number of aryl methyl sites for hydroxylation is 2. The van der Waals surface area contributed by atoms with Gasteiger partial charge in [0, 0.05) is 13.1 Å². The molecule has 118 valence electrons. The summed E-state index contributed by atoms with van der Waals surface area (Å²) in [6.45, 7) is 6.88. The monoisotopic (exact) mass is 316 g/mol. The molecular weight excluding hydrogens is 296 g/mol. The van der Waals surface area contributed by atoms with Gasteiger partial charge in [0.2, 0.25) is 10.0 Å². The molecule has 1 atom stereocenters. The van der Waals surface area contributed by atoms with Gasteiger partial charge in [-0.05, 0) is 26.2 Å². The lowest BCUT2D eigenvalue weighted by molar-refractivity contribution is -0.150. The van der Waals surface area contributed by atoms with Crippen molar-refractivity contribution in [2.24, 2.45) is 11.3 Å². The summed E-state index contributed by atoms with van der Waals surface area (Å²) in [5.74, 6) is -0.876. The number of hydrogen-bond acceptors (Lipinski definition) is 5. The van der Waals surface area contributed by atoms with Crippen LogP contribution < -0.4 is 0 Å². The van der Waals surface area contributed by atoms with Crippen LogP contribution in [0.25, 0.3) is 0 Å². The summed E-state index contributed by atoms with van der Waals surface area (Å²) in [6, 6.07) is 0. The molecule has 1 N–H and O–H groups in total. The average molecular weight is 316 g/mol. The summed E-state index contributed by atoms with van der Waals surface area (Å²) < 4.78 is 31.6. The van der Waals surface area contributed by atoms with E-state index in [1.807, 2.05) is 0 Å². The fraction of sp³-hybridized carbons (Fsp3) is 0.692. The number of aromatic nitrogens is 1. The summed E-state index contributed by atoms with van der Waals surface area (Å²) >= 11 is 0. The third-order valence-corrected chi connectivity index (χ3v) is 6.45. The Morgan fingerprint density at radius 1 is 1.43 bits per heavy atom. The van der Waals surface area contributed by atoms with Crippen molar-refractivity contribution in [2.45, 2.75) is 39.0 Å². The molecule has 0 aromatic carbocycles. The first-order valence-corrected chi connectivity index (χ1v) is 8.23. The van der Waals surface area contributed by atoms with E-state index in [-0.39, 0.29) is 29.7 Å². The molecule has 2 heterocycles. The second-order valence-corrected chi connectivity index (χ2v) is 7.73. The second kappa shape index (κ2) is 5.10. The number of carbonyl (C=O) groups is 1. The molecule has 1 aliphatic rings. The van der Waals surface area contributed by atoms with Gasteiger partial charge in [-0.25, -0.2) is 8.42 Å². The Balaban J connectivity index is 2.39. The van der Waals surface area contributed by atoms with Crippen LogP contribution >= 0.6 is 0 Å². The van der Waals surface area contributed by atoms with E-state index in [1.54, 1.807) is 20.8 Å². The van der Waals surface area contributed by atoms with E-state index in [4.69, 9.17) is 4.52 Å². The van der Waals surface area contributed by atoms with Crippen molar-refractivity contribution in [3.63, 3.8) is 0 Å². The summed E-state index contributed by atoms with van der Waals surface area (Å²) in [6.07, 6.45) is 0.308. The van der Waals surface area contributed by atoms with Gasteiger partial charge in [0.25, 0.3) is 0 Å². The molecule has 7 nitrogen and oxygen atoms in total. The summed E-state index contributed by atoms with van der Waals surface area (Å²) in [5.41, 5.74) is -0.739. The number of carboxylic acid groups (broad SMARTS) is 1. The van der Waals surface area contributed by atoms with Gasteiger partial charge in [-0.2, -0.15) is 4.31 Å². The lowest BCUT2D eigenvalue weighted by Crippen LogP contribution is -2.40. The molecule has 1 fully saturated rings. The highest BCUT2D eigenvalue weighted by Gasteiger charge is 2.51. The van der Waals surface area contributed by atoms with Crippen LogP contribution in [0.1, 0.15) is 31.7 Å². The Kier molecular flexibility index (Phi) is 3.88. The molecule has 0 spiro atoms. The zero-order valence-electron chi connectivity index (χ0n) is 12.6. The van der Waals surface area contributed by atoms with Crippen LogP contribution in [0.5, 0.6) is 0 Å². The minimum atomic E-state index is -3.78. The van der Waals surface area contributed by atoms with Gasteiger partial charge < -0.3 is 9.63 Å². The molecule has 0 amide bonds. The van der Waals surface area contributed by atoms with Crippen LogP contribution in [-0.4, -0.2) is 42.0 Å². The highest BCUT2D eigenvalue weighted by molar-refractivity contribution is 7.89. The Morgan fingerprint density at radius 2 is 2.05 bits per heavy atom. The van der Waals surface area contributed by atoms with Crippen molar-refractivity contribution in [2.75, 3.05) is 13.1 Å². The number of nitrogens with zero attached hydrogens (tertiary/aromatic N) is 2. The predicted molar refractivity (Wildman–Crippen MR) is 74.3 cm³/mol. The maximum Gasteiger partial charge on any atom is 0.311 e. The first-order valence-electron chi connectivity index (χ1n) is 6.79. The van der Waals surface area contributed by atoms with Crippen LogP contribution in [0.15, 0.2) is 9.42 Å². The second-order valence-electron chi connectivity index (χ2n) is 5.86. The maximum absolute atomic E-state index is 12.7. The third kappa shape index (κ3) is 2.36. The standard InChI is InChI=1S/C13H20N2O5S/c1-8(2)13(12(16)17)5-6-15(7-13)21(18,19)11-9(3)14-20-10(11)4/h8H,5-7H2,1-4H3,(H,16,17). The molecule has 1 aromatic heterocycles. The van der Waals surface area contributed by atoms with Crippen LogP contribution in [-0.2, 0) is 14.8 Å². The van der Waals surface area contributed by atoms with Crippen LogP contribution in [0.3, 0.4) is 0 Å². The Bertz CT molecular complexity index is 645. The first-order chi connectivity index (χ1) is 9.63. The van der Waals surface area contributed by atoms with Crippen LogP contribution in [0.2, 0.25) is 0 Å². The van der Waals surface area contributed by atoms with Gasteiger partial charge >= 0.3 is 5.97 Å². The molecule has 8 heteroatoms. The highest BCUT2D eigenvalue weighted by Crippen LogP contribution is 2.40. The fourth-order valence-electron chi connectivity index (χ4n) is 2.87. The van der Waals surface area contributed by atoms with Crippen molar-refractivity contribution < 1.29 is 22.8 Å². The zero-order valence-corrected chi connectivity index (χ0v) is 13.4. The van der Waals surface area contributed by atoms with E-state index >= 15 is 0 Å². The number of rotatable bonds is 4. The fourth-order valence-corrected chi connectivity index (χ4v) is 4.67. The van der Waals surface area contributed by atoms with Crippen molar-refractivity contribution >= 4 is 16.0 Å². The van der Waals surface area contributed by atoms with Gasteiger partial charge in [-0.15, -0.1) is 0 Å². The summed E-state index contributed by atoms with van der Waals surface area (Å²) in [4.78, 5) is 11.7. The molecule has 1 aromatic rings. The van der Waals surface area contributed by atoms with Crippen molar-refractivity contribution in [3.05, 3.63) is 11.5 Å². The summed E-state index contributed by atoms with van der Waals surface area (Å²) in [5, 5.41) is 13.2. The van der Waals surface area contributed by atoms with Gasteiger partial charge in [0.15, 0.2) is 5.76 Å². The Labute approximate surface area is 124 Å². The van der Waals surface area contributed by atoms with E-state index in [2.05, 4.69) is 5.16 Å². The molecule has 0 bridgehead atoms. The molecule has 0 aliphatic carbocycles. The number of carboxylic acids is 1. The molecular formula is C13H20N2O5S. The van der Waals surface area contributed by atoms with Crippen molar-refractivity contribution in [3.8, 4) is 0 Å². The average Bonchev–Trinajstić information content (AvgIpc) is 2.94. The minimum Gasteiger partial charge on any atom is -0.481 e. The molecule has 1 saturated heterocycles. The minimum absolute atomic E-state index is 0.0214.